The molecule has 0 unspecified atom stereocenters. The predicted octanol–water partition coefficient (Wildman–Crippen LogP) is 4.40. The largest absolute Gasteiger partial charge is 0.462 e. The highest BCUT2D eigenvalue weighted by Crippen LogP contribution is 2.31. The van der Waals surface area contributed by atoms with Crippen molar-refractivity contribution in [1.29, 1.82) is 0 Å². The zero-order valence-corrected chi connectivity index (χ0v) is 16.9. The zero-order chi connectivity index (χ0) is 21.5. The Morgan fingerprint density at radius 3 is 2.47 bits per heavy atom. The summed E-state index contributed by atoms with van der Waals surface area (Å²) in [6.45, 7) is 3.44. The third kappa shape index (κ3) is 4.94. The van der Waals surface area contributed by atoms with Crippen LogP contribution in [0.3, 0.4) is 0 Å². The van der Waals surface area contributed by atoms with Gasteiger partial charge in [-0.25, -0.2) is 4.79 Å². The first-order chi connectivity index (χ1) is 14.5. The van der Waals surface area contributed by atoms with Crippen molar-refractivity contribution >= 4 is 28.9 Å². The summed E-state index contributed by atoms with van der Waals surface area (Å²) in [6, 6.07) is 11.0. The Labute approximate surface area is 175 Å². The maximum Gasteiger partial charge on any atom is 0.340 e. The smallest absolute Gasteiger partial charge is 0.340 e. The van der Waals surface area contributed by atoms with Crippen molar-refractivity contribution in [1.82, 2.24) is 0 Å². The molecule has 30 heavy (non-hydrogen) atoms. The molecule has 0 aliphatic carbocycles. The van der Waals surface area contributed by atoms with Crippen LogP contribution in [0.4, 0.5) is 17.1 Å². The number of para-hydroxylation sites is 1. The number of nitro groups is 1. The van der Waals surface area contributed by atoms with Crippen LogP contribution in [-0.4, -0.2) is 36.5 Å². The molecule has 0 spiro atoms. The molecule has 1 heterocycles. The van der Waals surface area contributed by atoms with E-state index in [0.29, 0.717) is 11.4 Å². The first-order valence-corrected chi connectivity index (χ1v) is 10.1. The minimum absolute atomic E-state index is 0.0942. The fourth-order valence-electron chi connectivity index (χ4n) is 3.56. The van der Waals surface area contributed by atoms with Crippen LogP contribution in [0.2, 0.25) is 0 Å². The number of hydrogen-bond donors (Lipinski definition) is 1. The Hall–Kier alpha value is -3.42. The molecule has 0 atom stereocenters. The maximum atomic E-state index is 12.8. The van der Waals surface area contributed by atoms with Gasteiger partial charge in [0, 0.05) is 24.7 Å². The van der Waals surface area contributed by atoms with Gasteiger partial charge in [0.15, 0.2) is 0 Å². The highest BCUT2D eigenvalue weighted by molar-refractivity contribution is 6.08. The van der Waals surface area contributed by atoms with Crippen LogP contribution in [0.1, 0.15) is 53.3 Å². The van der Waals surface area contributed by atoms with E-state index in [1.54, 1.807) is 43.3 Å². The lowest BCUT2D eigenvalue weighted by Crippen LogP contribution is -2.25. The van der Waals surface area contributed by atoms with Crippen molar-refractivity contribution in [3.05, 3.63) is 63.7 Å². The van der Waals surface area contributed by atoms with Gasteiger partial charge >= 0.3 is 5.97 Å². The van der Waals surface area contributed by atoms with Crippen molar-refractivity contribution < 1.29 is 19.2 Å². The number of rotatable bonds is 6. The minimum Gasteiger partial charge on any atom is -0.462 e. The van der Waals surface area contributed by atoms with Crippen molar-refractivity contribution in [2.45, 2.75) is 32.6 Å². The monoisotopic (exact) mass is 411 g/mol. The molecule has 1 fully saturated rings. The topological polar surface area (TPSA) is 102 Å². The molecular formula is C22H25N3O5. The molecule has 0 aromatic heterocycles. The molecule has 1 N–H and O–H groups in total. The Morgan fingerprint density at radius 2 is 1.80 bits per heavy atom. The number of carbonyl (C=O) groups is 2. The van der Waals surface area contributed by atoms with Crippen molar-refractivity contribution in [3.63, 3.8) is 0 Å². The standard InChI is InChI=1S/C22H25N3O5/c1-2-30-22(27)17-9-5-6-10-18(17)23-21(26)16-11-12-19(20(15-16)25(28)29)24-13-7-3-4-8-14-24/h5-6,9-12,15H,2-4,7-8,13-14H2,1H3,(H,23,26). The summed E-state index contributed by atoms with van der Waals surface area (Å²) in [5.74, 6) is -1.08. The number of nitrogens with one attached hydrogen (secondary N) is 1. The number of benzene rings is 2. The van der Waals surface area contributed by atoms with Crippen LogP contribution in [0, 0.1) is 10.1 Å². The van der Waals surface area contributed by atoms with E-state index in [1.165, 1.54) is 6.07 Å². The third-order valence-electron chi connectivity index (χ3n) is 5.05. The molecule has 3 rings (SSSR count). The van der Waals surface area contributed by atoms with Gasteiger partial charge in [0.2, 0.25) is 0 Å². The van der Waals surface area contributed by atoms with Gasteiger partial charge in [-0.2, -0.15) is 0 Å². The number of esters is 1. The molecule has 1 aliphatic rings. The van der Waals surface area contributed by atoms with Gasteiger partial charge in [0.05, 0.1) is 22.8 Å². The second-order valence-corrected chi connectivity index (χ2v) is 7.08. The Morgan fingerprint density at radius 1 is 1.10 bits per heavy atom. The second kappa shape index (κ2) is 9.87. The molecule has 0 bridgehead atoms. The van der Waals surface area contributed by atoms with Gasteiger partial charge < -0.3 is 15.0 Å². The third-order valence-corrected chi connectivity index (χ3v) is 5.05. The molecule has 1 amide bonds. The fourth-order valence-corrected chi connectivity index (χ4v) is 3.56. The maximum absolute atomic E-state index is 12.8. The lowest BCUT2D eigenvalue weighted by molar-refractivity contribution is -0.384. The van der Waals surface area contributed by atoms with Gasteiger partial charge in [-0.15, -0.1) is 0 Å². The lowest BCUT2D eigenvalue weighted by Gasteiger charge is -2.22. The first kappa shape index (κ1) is 21.3. The summed E-state index contributed by atoms with van der Waals surface area (Å²) < 4.78 is 5.01. The SMILES string of the molecule is CCOC(=O)c1ccccc1NC(=O)c1ccc(N2CCCCCC2)c([N+](=O)[O-])c1. The summed E-state index contributed by atoms with van der Waals surface area (Å²) in [5.41, 5.74) is 1.11. The molecule has 2 aromatic rings. The van der Waals surface area contributed by atoms with E-state index in [1.807, 2.05) is 4.90 Å². The quantitative estimate of drug-likeness (QED) is 0.429. The molecule has 8 nitrogen and oxygen atoms in total. The Balaban J connectivity index is 1.86. The molecule has 8 heteroatoms. The number of hydrogen-bond acceptors (Lipinski definition) is 6. The fraction of sp³-hybridized carbons (Fsp3) is 0.364. The van der Waals surface area contributed by atoms with Gasteiger partial charge in [-0.05, 0) is 44.0 Å². The van der Waals surface area contributed by atoms with Crippen LogP contribution in [0.15, 0.2) is 42.5 Å². The van der Waals surface area contributed by atoms with Crippen molar-refractivity contribution in [2.75, 3.05) is 29.9 Å². The molecule has 0 saturated carbocycles. The highest BCUT2D eigenvalue weighted by Gasteiger charge is 2.23. The molecule has 1 aliphatic heterocycles. The summed E-state index contributed by atoms with van der Waals surface area (Å²) >= 11 is 0. The average Bonchev–Trinajstić information content (AvgIpc) is 3.03. The summed E-state index contributed by atoms with van der Waals surface area (Å²) in [5, 5.41) is 14.4. The van der Waals surface area contributed by atoms with E-state index in [-0.39, 0.29) is 23.4 Å². The average molecular weight is 411 g/mol. The number of carbonyl (C=O) groups excluding carboxylic acids is 2. The van der Waals surface area contributed by atoms with Gasteiger partial charge in [0.1, 0.15) is 5.69 Å². The second-order valence-electron chi connectivity index (χ2n) is 7.08. The van der Waals surface area contributed by atoms with Crippen LogP contribution >= 0.6 is 0 Å². The number of anilines is 2. The van der Waals surface area contributed by atoms with Crippen LogP contribution < -0.4 is 10.2 Å². The lowest BCUT2D eigenvalue weighted by atomic mass is 10.1. The van der Waals surface area contributed by atoms with E-state index in [2.05, 4.69) is 5.32 Å². The molecule has 2 aromatic carbocycles. The summed E-state index contributed by atoms with van der Waals surface area (Å²) in [7, 11) is 0. The van der Waals surface area contributed by atoms with Crippen molar-refractivity contribution in [2.24, 2.45) is 0 Å². The van der Waals surface area contributed by atoms with Crippen LogP contribution in [0.5, 0.6) is 0 Å². The zero-order valence-electron chi connectivity index (χ0n) is 16.9. The van der Waals surface area contributed by atoms with Gasteiger partial charge in [-0.3, -0.25) is 14.9 Å². The van der Waals surface area contributed by atoms with Crippen LogP contribution in [0.25, 0.3) is 0 Å². The van der Waals surface area contributed by atoms with Gasteiger partial charge in [-0.1, -0.05) is 25.0 Å². The first-order valence-electron chi connectivity index (χ1n) is 10.1. The Kier molecular flexibility index (Phi) is 7.00. The summed E-state index contributed by atoms with van der Waals surface area (Å²) in [6.07, 6.45) is 4.21. The molecular weight excluding hydrogens is 386 g/mol. The Bertz CT molecular complexity index is 936. The number of nitrogens with zero attached hydrogens (tertiary/aromatic N) is 2. The van der Waals surface area contributed by atoms with E-state index in [9.17, 15) is 19.7 Å². The number of nitro benzene ring substituents is 1. The minimum atomic E-state index is -0.545. The van der Waals surface area contributed by atoms with E-state index in [4.69, 9.17) is 4.74 Å². The van der Waals surface area contributed by atoms with Crippen LogP contribution in [-0.2, 0) is 4.74 Å². The van der Waals surface area contributed by atoms with Gasteiger partial charge in [0.25, 0.3) is 11.6 Å². The van der Waals surface area contributed by atoms with E-state index < -0.39 is 16.8 Å². The highest BCUT2D eigenvalue weighted by atomic mass is 16.6. The normalized spacial score (nSPS) is 14.0. The number of ether oxygens (including phenoxy) is 1. The van der Waals surface area contributed by atoms with E-state index >= 15 is 0 Å². The van der Waals surface area contributed by atoms with E-state index in [0.717, 1.165) is 38.8 Å². The molecule has 1 saturated heterocycles. The molecule has 158 valence electrons. The predicted molar refractivity (Wildman–Crippen MR) is 114 cm³/mol. The molecule has 0 radical (unpaired) electrons. The number of amides is 1. The van der Waals surface area contributed by atoms with Crippen molar-refractivity contribution in [3.8, 4) is 0 Å². The summed E-state index contributed by atoms with van der Waals surface area (Å²) in [4.78, 5) is 38.1.